The fourth-order valence-corrected chi connectivity index (χ4v) is 2.77. The maximum atomic E-state index is 12.4. The highest BCUT2D eigenvalue weighted by Gasteiger charge is 2.14. The van der Waals surface area contributed by atoms with Crippen molar-refractivity contribution in [2.24, 2.45) is 0 Å². The van der Waals surface area contributed by atoms with Gasteiger partial charge >= 0.3 is 0 Å². The quantitative estimate of drug-likeness (QED) is 0.347. The Hall–Kier alpha value is -1.85. The Kier molecular flexibility index (Phi) is 9.53. The van der Waals surface area contributed by atoms with Gasteiger partial charge in [0.2, 0.25) is 0 Å². The molecule has 0 saturated carbocycles. The van der Waals surface area contributed by atoms with Crippen molar-refractivity contribution >= 4 is 5.78 Å². The van der Waals surface area contributed by atoms with Gasteiger partial charge in [-0.05, 0) is 37.8 Å². The van der Waals surface area contributed by atoms with Gasteiger partial charge in [-0.1, -0.05) is 30.3 Å². The first-order valence-corrected chi connectivity index (χ1v) is 9.23. The second-order valence-corrected chi connectivity index (χ2v) is 7.65. The first-order valence-electron chi connectivity index (χ1n) is 9.23. The average Bonchev–Trinajstić information content (AvgIpc) is 2.60. The Morgan fingerprint density at radius 3 is 2.26 bits per heavy atom. The van der Waals surface area contributed by atoms with Crippen molar-refractivity contribution < 1.29 is 36.1 Å². The number of benzene rings is 2. The summed E-state index contributed by atoms with van der Waals surface area (Å²) >= 11 is 0. The second-order valence-electron chi connectivity index (χ2n) is 7.65. The van der Waals surface area contributed by atoms with Crippen molar-refractivity contribution in [1.29, 1.82) is 0 Å². The van der Waals surface area contributed by atoms with Crippen LogP contribution in [0.3, 0.4) is 0 Å². The van der Waals surface area contributed by atoms with Crippen LogP contribution in [0, 0.1) is 0 Å². The van der Waals surface area contributed by atoms with E-state index in [-0.39, 0.29) is 28.5 Å². The lowest BCUT2D eigenvalue weighted by atomic mass is 10.0. The minimum atomic E-state index is -0.188. The Bertz CT molecular complexity index is 711. The Labute approximate surface area is 173 Å². The number of rotatable bonds is 10. The highest BCUT2D eigenvalue weighted by atomic mass is 79.9. The van der Waals surface area contributed by atoms with E-state index in [0.717, 1.165) is 17.3 Å². The van der Waals surface area contributed by atoms with E-state index >= 15 is 0 Å². The summed E-state index contributed by atoms with van der Waals surface area (Å²) in [4.78, 5) is 12.4. The van der Waals surface area contributed by atoms with Crippen LogP contribution in [0.15, 0.2) is 48.5 Å². The van der Waals surface area contributed by atoms with Gasteiger partial charge in [0.1, 0.15) is 11.5 Å². The number of hydrogen-bond acceptors (Lipinski definition) is 3. The maximum Gasteiger partial charge on any atom is 0.196 e. The number of halogens is 1. The fourth-order valence-electron chi connectivity index (χ4n) is 2.77. The SMILES string of the molecule is C[N+](C)(C)CCCCCCOc1ccc(C(=O)c2ccccc2)c(O)c1.[Br-]. The van der Waals surface area contributed by atoms with Crippen LogP contribution in [0.4, 0.5) is 0 Å². The number of quaternary nitrogens is 1. The minimum Gasteiger partial charge on any atom is -1.00 e. The third kappa shape index (κ3) is 8.14. The summed E-state index contributed by atoms with van der Waals surface area (Å²) in [5, 5.41) is 10.2. The number of ketones is 1. The normalized spacial score (nSPS) is 10.9. The van der Waals surface area contributed by atoms with Crippen LogP contribution in [0.2, 0.25) is 0 Å². The maximum absolute atomic E-state index is 12.4. The summed E-state index contributed by atoms with van der Waals surface area (Å²) in [6.07, 6.45) is 4.55. The van der Waals surface area contributed by atoms with Crippen molar-refractivity contribution in [2.75, 3.05) is 34.3 Å². The predicted molar refractivity (Wildman–Crippen MR) is 105 cm³/mol. The molecule has 2 aromatic rings. The van der Waals surface area contributed by atoms with E-state index in [9.17, 15) is 9.90 Å². The molecule has 0 amide bonds. The predicted octanol–water partition coefficient (Wildman–Crippen LogP) is 1.27. The van der Waals surface area contributed by atoms with Crippen molar-refractivity contribution in [2.45, 2.75) is 25.7 Å². The van der Waals surface area contributed by atoms with Crippen LogP contribution in [0.1, 0.15) is 41.6 Å². The van der Waals surface area contributed by atoms with E-state index in [1.807, 2.05) is 18.2 Å². The van der Waals surface area contributed by atoms with Crippen LogP contribution in [-0.4, -0.2) is 49.7 Å². The lowest BCUT2D eigenvalue weighted by molar-refractivity contribution is -0.870. The van der Waals surface area contributed by atoms with Crippen LogP contribution < -0.4 is 21.7 Å². The number of aromatic hydroxyl groups is 1. The molecule has 0 saturated heterocycles. The zero-order chi connectivity index (χ0) is 19.0. The Morgan fingerprint density at radius 2 is 1.63 bits per heavy atom. The van der Waals surface area contributed by atoms with Crippen LogP contribution in [-0.2, 0) is 0 Å². The molecule has 0 radical (unpaired) electrons. The van der Waals surface area contributed by atoms with Gasteiger partial charge in [0.05, 0.1) is 39.9 Å². The first kappa shape index (κ1) is 23.2. The van der Waals surface area contributed by atoms with E-state index in [1.54, 1.807) is 24.3 Å². The smallest absolute Gasteiger partial charge is 0.196 e. The molecule has 148 valence electrons. The molecule has 0 aliphatic heterocycles. The third-order valence-corrected chi connectivity index (χ3v) is 4.24. The fraction of sp³-hybridized carbons (Fsp3) is 0.409. The van der Waals surface area contributed by atoms with Gasteiger partial charge in [-0.25, -0.2) is 0 Å². The monoisotopic (exact) mass is 435 g/mol. The molecule has 0 aromatic heterocycles. The topological polar surface area (TPSA) is 46.5 Å². The lowest BCUT2D eigenvalue weighted by Crippen LogP contribution is -3.00. The molecule has 4 nitrogen and oxygen atoms in total. The molecule has 27 heavy (non-hydrogen) atoms. The summed E-state index contributed by atoms with van der Waals surface area (Å²) in [5.74, 6) is 0.365. The van der Waals surface area contributed by atoms with Crippen LogP contribution in [0.25, 0.3) is 0 Å². The van der Waals surface area contributed by atoms with Gasteiger partial charge in [0.15, 0.2) is 5.78 Å². The van der Waals surface area contributed by atoms with Crippen molar-refractivity contribution in [1.82, 2.24) is 0 Å². The van der Waals surface area contributed by atoms with Gasteiger partial charge in [-0.2, -0.15) is 0 Å². The van der Waals surface area contributed by atoms with E-state index in [2.05, 4.69) is 21.1 Å². The number of unbranched alkanes of at least 4 members (excludes halogenated alkanes) is 3. The number of nitrogens with zero attached hydrogens (tertiary/aromatic N) is 1. The highest BCUT2D eigenvalue weighted by Crippen LogP contribution is 2.26. The molecule has 0 heterocycles. The molecule has 0 atom stereocenters. The summed E-state index contributed by atoms with van der Waals surface area (Å²) < 4.78 is 6.70. The molecular formula is C22H30BrNO3. The average molecular weight is 436 g/mol. The Morgan fingerprint density at radius 1 is 0.963 bits per heavy atom. The highest BCUT2D eigenvalue weighted by molar-refractivity contribution is 6.10. The van der Waals surface area contributed by atoms with Gasteiger partial charge < -0.3 is 31.3 Å². The van der Waals surface area contributed by atoms with Gasteiger partial charge in [-0.3, -0.25) is 4.79 Å². The molecule has 0 unspecified atom stereocenters. The van der Waals surface area contributed by atoms with Gasteiger partial charge in [0, 0.05) is 11.6 Å². The molecule has 1 N–H and O–H groups in total. The molecule has 0 fully saturated rings. The number of carbonyl (C=O) groups is 1. The molecule has 0 aliphatic carbocycles. The number of ether oxygens (including phenoxy) is 1. The van der Waals surface area contributed by atoms with E-state index in [4.69, 9.17) is 4.74 Å². The number of phenols is 1. The molecule has 5 heteroatoms. The molecule has 2 aromatic carbocycles. The van der Waals surface area contributed by atoms with E-state index < -0.39 is 0 Å². The van der Waals surface area contributed by atoms with Crippen molar-refractivity contribution in [3.8, 4) is 11.5 Å². The second kappa shape index (κ2) is 11.1. The number of hydrogen-bond donors (Lipinski definition) is 1. The molecule has 2 rings (SSSR count). The van der Waals surface area contributed by atoms with Crippen molar-refractivity contribution in [3.05, 3.63) is 59.7 Å². The van der Waals surface area contributed by atoms with E-state index in [0.29, 0.717) is 23.5 Å². The molecule has 0 aliphatic rings. The van der Waals surface area contributed by atoms with E-state index in [1.165, 1.54) is 25.5 Å². The molecular weight excluding hydrogens is 406 g/mol. The van der Waals surface area contributed by atoms with Crippen LogP contribution >= 0.6 is 0 Å². The summed E-state index contributed by atoms with van der Waals surface area (Å²) in [7, 11) is 6.63. The zero-order valence-corrected chi connectivity index (χ0v) is 18.0. The number of carbonyl (C=O) groups excluding carboxylic acids is 1. The summed E-state index contributed by atoms with van der Waals surface area (Å²) in [5.41, 5.74) is 0.856. The molecule has 0 bridgehead atoms. The largest absolute Gasteiger partial charge is 1.00 e. The third-order valence-electron chi connectivity index (χ3n) is 4.24. The van der Waals surface area contributed by atoms with Gasteiger partial charge in [-0.15, -0.1) is 0 Å². The van der Waals surface area contributed by atoms with Crippen LogP contribution in [0.5, 0.6) is 11.5 Å². The summed E-state index contributed by atoms with van der Waals surface area (Å²) in [6.45, 7) is 1.81. The standard InChI is InChI=1S/C22H29NO3.BrH/c1-23(2,3)15-9-4-5-10-16-26-19-13-14-20(21(24)17-19)22(25)18-11-7-6-8-12-18;/h6-8,11-14,17H,4-5,9-10,15-16H2,1-3H3;1H. The Balaban J connectivity index is 0.00000364. The zero-order valence-electron chi connectivity index (χ0n) is 16.5. The van der Waals surface area contributed by atoms with Gasteiger partial charge in [0.25, 0.3) is 0 Å². The lowest BCUT2D eigenvalue weighted by Gasteiger charge is -2.23. The summed E-state index contributed by atoms with van der Waals surface area (Å²) in [6, 6.07) is 13.8. The first-order chi connectivity index (χ1) is 12.4. The number of phenolic OH excluding ortho intramolecular Hbond substituents is 1. The van der Waals surface area contributed by atoms with Crippen molar-refractivity contribution in [3.63, 3.8) is 0 Å². The minimum absolute atomic E-state index is 0. The molecule has 0 spiro atoms.